The summed E-state index contributed by atoms with van der Waals surface area (Å²) in [4.78, 5) is 15.3. The van der Waals surface area contributed by atoms with Gasteiger partial charge in [0.15, 0.2) is 0 Å². The number of ether oxygens (including phenoxy) is 1. The van der Waals surface area contributed by atoms with Gasteiger partial charge in [0.05, 0.1) is 18.6 Å². The number of rotatable bonds is 4. The fourth-order valence-corrected chi connectivity index (χ4v) is 1.21. The summed E-state index contributed by atoms with van der Waals surface area (Å²) >= 11 is 0. The normalized spacial score (nSPS) is 11.3. The van der Waals surface area contributed by atoms with Crippen LogP contribution in [0.2, 0.25) is 0 Å². The van der Waals surface area contributed by atoms with Gasteiger partial charge in [0.25, 0.3) is 0 Å². The summed E-state index contributed by atoms with van der Waals surface area (Å²) in [5.41, 5.74) is 0.130. The monoisotopic (exact) mass is 241 g/mol. The molecule has 1 aromatic rings. The molecule has 96 valence electrons. The molecule has 6 nitrogen and oxygen atoms in total. The van der Waals surface area contributed by atoms with Crippen molar-refractivity contribution < 1.29 is 14.6 Å². The van der Waals surface area contributed by atoms with E-state index >= 15 is 0 Å². The summed E-state index contributed by atoms with van der Waals surface area (Å²) in [6, 6.07) is 0. The molecule has 1 aromatic heterocycles. The number of alkyl carbamates (subject to hydrolysis) is 1. The average Bonchev–Trinajstić information content (AvgIpc) is 2.63. The average molecular weight is 241 g/mol. The standard InChI is InChI=1S/C11H19N3O3/c1-11(2,3)17-10(16)12-4-5-14-6-9(7-15)13-8-14/h6,8,15H,4-5,7H2,1-3H3,(H,12,16). The summed E-state index contributed by atoms with van der Waals surface area (Å²) in [6.45, 7) is 6.41. The van der Waals surface area contributed by atoms with Crippen LogP contribution < -0.4 is 5.32 Å². The number of imidazole rings is 1. The van der Waals surface area contributed by atoms with Crippen LogP contribution in [0.5, 0.6) is 0 Å². The summed E-state index contributed by atoms with van der Waals surface area (Å²) in [5.74, 6) is 0. The zero-order valence-corrected chi connectivity index (χ0v) is 10.4. The second-order valence-corrected chi connectivity index (χ2v) is 4.69. The Morgan fingerprint density at radius 2 is 2.29 bits per heavy atom. The van der Waals surface area contributed by atoms with Gasteiger partial charge in [0.2, 0.25) is 0 Å². The van der Waals surface area contributed by atoms with Crippen molar-refractivity contribution >= 4 is 6.09 Å². The van der Waals surface area contributed by atoms with Gasteiger partial charge in [-0.05, 0) is 20.8 Å². The molecule has 0 unspecified atom stereocenters. The van der Waals surface area contributed by atoms with E-state index < -0.39 is 11.7 Å². The molecule has 1 heterocycles. The second-order valence-electron chi connectivity index (χ2n) is 4.69. The summed E-state index contributed by atoms with van der Waals surface area (Å²) in [6.07, 6.45) is 2.92. The van der Waals surface area contributed by atoms with E-state index in [4.69, 9.17) is 9.84 Å². The van der Waals surface area contributed by atoms with E-state index in [1.165, 1.54) is 0 Å². The van der Waals surface area contributed by atoms with Crippen LogP contribution in [0.3, 0.4) is 0 Å². The zero-order valence-electron chi connectivity index (χ0n) is 10.4. The van der Waals surface area contributed by atoms with Crippen molar-refractivity contribution in [3.8, 4) is 0 Å². The van der Waals surface area contributed by atoms with Crippen LogP contribution in [0, 0.1) is 0 Å². The van der Waals surface area contributed by atoms with Crippen molar-refractivity contribution in [1.29, 1.82) is 0 Å². The third kappa shape index (κ3) is 5.35. The number of carbonyl (C=O) groups is 1. The zero-order chi connectivity index (χ0) is 12.9. The van der Waals surface area contributed by atoms with E-state index in [9.17, 15) is 4.79 Å². The van der Waals surface area contributed by atoms with Crippen LogP contribution >= 0.6 is 0 Å². The Hall–Kier alpha value is -1.56. The van der Waals surface area contributed by atoms with E-state index in [0.717, 1.165) is 0 Å². The Morgan fingerprint density at radius 3 is 2.82 bits per heavy atom. The lowest BCUT2D eigenvalue weighted by molar-refractivity contribution is 0.0526. The van der Waals surface area contributed by atoms with Gasteiger partial charge in [0.1, 0.15) is 5.60 Å². The number of aliphatic hydroxyl groups is 1. The van der Waals surface area contributed by atoms with Crippen LogP contribution in [0.25, 0.3) is 0 Å². The lowest BCUT2D eigenvalue weighted by Crippen LogP contribution is -2.34. The topological polar surface area (TPSA) is 76.4 Å². The molecular formula is C11H19N3O3. The van der Waals surface area contributed by atoms with E-state index in [1.807, 2.05) is 20.8 Å². The number of carbonyl (C=O) groups excluding carboxylic acids is 1. The molecule has 0 saturated heterocycles. The largest absolute Gasteiger partial charge is 0.444 e. The van der Waals surface area contributed by atoms with Gasteiger partial charge >= 0.3 is 6.09 Å². The first-order chi connectivity index (χ1) is 7.90. The highest BCUT2D eigenvalue weighted by molar-refractivity contribution is 5.67. The van der Waals surface area contributed by atoms with Gasteiger partial charge in [-0.3, -0.25) is 0 Å². The molecule has 0 atom stereocenters. The smallest absolute Gasteiger partial charge is 0.407 e. The predicted molar refractivity (Wildman–Crippen MR) is 62.4 cm³/mol. The molecule has 17 heavy (non-hydrogen) atoms. The van der Waals surface area contributed by atoms with Gasteiger partial charge in [-0.1, -0.05) is 0 Å². The van der Waals surface area contributed by atoms with Gasteiger partial charge in [-0.15, -0.1) is 0 Å². The Bertz CT molecular complexity index is 368. The third-order valence-electron chi connectivity index (χ3n) is 1.89. The van der Waals surface area contributed by atoms with Crippen molar-refractivity contribution in [3.05, 3.63) is 18.2 Å². The van der Waals surface area contributed by atoms with Gasteiger partial charge in [0, 0.05) is 19.3 Å². The Morgan fingerprint density at radius 1 is 1.59 bits per heavy atom. The van der Waals surface area contributed by atoms with Crippen LogP contribution in [0.4, 0.5) is 4.79 Å². The molecule has 1 rings (SSSR count). The van der Waals surface area contributed by atoms with Crippen molar-refractivity contribution in [2.75, 3.05) is 6.54 Å². The molecule has 0 aliphatic heterocycles. The molecule has 0 aromatic carbocycles. The van der Waals surface area contributed by atoms with Crippen molar-refractivity contribution in [1.82, 2.24) is 14.9 Å². The molecule has 0 aliphatic carbocycles. The summed E-state index contributed by atoms with van der Waals surface area (Å²) in [7, 11) is 0. The van der Waals surface area contributed by atoms with E-state index in [1.54, 1.807) is 17.1 Å². The Kier molecular flexibility index (Phi) is 4.51. The molecule has 0 aliphatic rings. The molecule has 2 N–H and O–H groups in total. The molecule has 0 spiro atoms. The highest BCUT2D eigenvalue weighted by Gasteiger charge is 2.15. The maximum absolute atomic E-state index is 11.3. The van der Waals surface area contributed by atoms with E-state index in [2.05, 4.69) is 10.3 Å². The van der Waals surface area contributed by atoms with Crippen LogP contribution in [-0.2, 0) is 17.9 Å². The summed E-state index contributed by atoms with van der Waals surface area (Å²) in [5, 5.41) is 11.5. The van der Waals surface area contributed by atoms with Gasteiger partial charge < -0.3 is 19.7 Å². The number of hydrogen-bond donors (Lipinski definition) is 2. The number of hydrogen-bond acceptors (Lipinski definition) is 4. The summed E-state index contributed by atoms with van der Waals surface area (Å²) < 4.78 is 6.88. The lowest BCUT2D eigenvalue weighted by atomic mass is 10.2. The van der Waals surface area contributed by atoms with Gasteiger partial charge in [-0.2, -0.15) is 0 Å². The maximum Gasteiger partial charge on any atom is 0.407 e. The molecule has 0 fully saturated rings. The first kappa shape index (κ1) is 13.5. The predicted octanol–water partition coefficient (Wildman–Crippen LogP) is 0.900. The Labute approximate surface area is 101 Å². The lowest BCUT2D eigenvalue weighted by Gasteiger charge is -2.19. The third-order valence-corrected chi connectivity index (χ3v) is 1.89. The van der Waals surface area contributed by atoms with Crippen LogP contribution in [0.15, 0.2) is 12.5 Å². The van der Waals surface area contributed by atoms with Crippen LogP contribution in [0.1, 0.15) is 26.5 Å². The van der Waals surface area contributed by atoms with Crippen LogP contribution in [-0.4, -0.2) is 32.9 Å². The molecule has 1 amide bonds. The molecular weight excluding hydrogens is 222 g/mol. The highest BCUT2D eigenvalue weighted by Crippen LogP contribution is 2.06. The number of amides is 1. The molecule has 0 radical (unpaired) electrons. The molecule has 0 saturated carbocycles. The van der Waals surface area contributed by atoms with Crippen molar-refractivity contribution in [2.24, 2.45) is 0 Å². The number of nitrogens with zero attached hydrogens (tertiary/aromatic N) is 2. The minimum Gasteiger partial charge on any atom is -0.444 e. The SMILES string of the molecule is CC(C)(C)OC(=O)NCCn1cnc(CO)c1. The van der Waals surface area contributed by atoms with E-state index in [0.29, 0.717) is 18.8 Å². The highest BCUT2D eigenvalue weighted by atomic mass is 16.6. The molecule has 0 bridgehead atoms. The number of aromatic nitrogens is 2. The number of aliphatic hydroxyl groups excluding tert-OH is 1. The van der Waals surface area contributed by atoms with Gasteiger partial charge in [-0.25, -0.2) is 9.78 Å². The fraction of sp³-hybridized carbons (Fsp3) is 0.636. The first-order valence-electron chi connectivity index (χ1n) is 5.49. The number of nitrogens with one attached hydrogen (secondary N) is 1. The second kappa shape index (κ2) is 5.67. The quantitative estimate of drug-likeness (QED) is 0.821. The molecule has 6 heteroatoms. The van der Waals surface area contributed by atoms with Crippen molar-refractivity contribution in [2.45, 2.75) is 39.5 Å². The van der Waals surface area contributed by atoms with Crippen molar-refractivity contribution in [3.63, 3.8) is 0 Å². The minimum absolute atomic E-state index is 0.0769. The van der Waals surface area contributed by atoms with E-state index in [-0.39, 0.29) is 6.61 Å². The Balaban J connectivity index is 2.26. The fourth-order valence-electron chi connectivity index (χ4n) is 1.21. The maximum atomic E-state index is 11.3. The first-order valence-corrected chi connectivity index (χ1v) is 5.49. The minimum atomic E-state index is -0.483.